The minimum atomic E-state index is -3.00. The van der Waals surface area contributed by atoms with Crippen LogP contribution in [0, 0.1) is 0 Å². The van der Waals surface area contributed by atoms with Crippen molar-refractivity contribution in [3.05, 3.63) is 0 Å². The van der Waals surface area contributed by atoms with E-state index in [9.17, 15) is 4.57 Å². The fourth-order valence-corrected chi connectivity index (χ4v) is 3.83. The zero-order valence-corrected chi connectivity index (χ0v) is 11.8. The van der Waals surface area contributed by atoms with E-state index in [0.717, 1.165) is 19.3 Å². The fraction of sp³-hybridized carbons (Fsp3) is 1.00. The maximum atomic E-state index is 12.1. The normalized spacial score (nSPS) is 30.3. The first-order valence-electron chi connectivity index (χ1n) is 5.65. The van der Waals surface area contributed by atoms with Crippen molar-refractivity contribution in [2.75, 3.05) is 20.4 Å². The van der Waals surface area contributed by atoms with Gasteiger partial charge in [-0.15, -0.1) is 0 Å². The van der Waals surface area contributed by atoms with Crippen LogP contribution in [0.5, 0.6) is 0 Å². The van der Waals surface area contributed by atoms with Gasteiger partial charge in [0.1, 0.15) is 0 Å². The maximum absolute atomic E-state index is 12.1. The van der Waals surface area contributed by atoms with Crippen LogP contribution >= 0.6 is 7.60 Å². The Balaban J connectivity index is 2.75. The van der Waals surface area contributed by atoms with Crippen molar-refractivity contribution in [3.63, 3.8) is 0 Å². The third-order valence-corrected chi connectivity index (χ3v) is 5.26. The third-order valence-electron chi connectivity index (χ3n) is 3.09. The molecule has 0 aliphatic carbocycles. The highest BCUT2D eigenvalue weighted by Crippen LogP contribution is 2.52. The van der Waals surface area contributed by atoms with Crippen molar-refractivity contribution in [2.45, 2.75) is 51.2 Å². The standard InChI is InChI=1S/C11H23O4P/c1-10(2)7-6-8-11(3,15-10)9-16(12,13-4)14-5/h6-9H2,1-5H3. The molecule has 4 nitrogen and oxygen atoms in total. The van der Waals surface area contributed by atoms with E-state index in [4.69, 9.17) is 13.8 Å². The Bertz CT molecular complexity index is 282. The second-order valence-electron chi connectivity index (χ2n) is 5.30. The topological polar surface area (TPSA) is 44.8 Å². The van der Waals surface area contributed by atoms with Gasteiger partial charge in [0.2, 0.25) is 0 Å². The lowest BCUT2D eigenvalue weighted by Crippen LogP contribution is -2.45. The predicted octanol–water partition coefficient (Wildman–Crippen LogP) is 3.21. The Labute approximate surface area is 98.2 Å². The summed E-state index contributed by atoms with van der Waals surface area (Å²) in [5, 5.41) is 0. The predicted molar refractivity (Wildman–Crippen MR) is 63.9 cm³/mol. The van der Waals surface area contributed by atoms with Crippen molar-refractivity contribution >= 4 is 7.60 Å². The van der Waals surface area contributed by atoms with Gasteiger partial charge in [-0.2, -0.15) is 0 Å². The Kier molecular flexibility index (Phi) is 4.23. The van der Waals surface area contributed by atoms with E-state index in [1.807, 2.05) is 6.92 Å². The van der Waals surface area contributed by atoms with Crippen LogP contribution in [0.15, 0.2) is 0 Å². The molecule has 0 aromatic heterocycles. The van der Waals surface area contributed by atoms with Gasteiger partial charge < -0.3 is 13.8 Å². The number of ether oxygens (including phenoxy) is 1. The summed E-state index contributed by atoms with van der Waals surface area (Å²) in [6.45, 7) is 6.11. The summed E-state index contributed by atoms with van der Waals surface area (Å²) in [6, 6.07) is 0. The number of hydrogen-bond acceptors (Lipinski definition) is 4. The second kappa shape index (κ2) is 4.77. The van der Waals surface area contributed by atoms with Crippen molar-refractivity contribution in [1.29, 1.82) is 0 Å². The highest BCUT2D eigenvalue weighted by atomic mass is 31.2. The number of rotatable bonds is 4. The molecule has 0 spiro atoms. The van der Waals surface area contributed by atoms with Gasteiger partial charge in [0.25, 0.3) is 0 Å². The van der Waals surface area contributed by atoms with Crippen LogP contribution in [-0.2, 0) is 18.3 Å². The van der Waals surface area contributed by atoms with E-state index in [1.54, 1.807) is 0 Å². The van der Waals surface area contributed by atoms with Gasteiger partial charge in [-0.25, -0.2) is 0 Å². The van der Waals surface area contributed by atoms with Crippen LogP contribution in [0.1, 0.15) is 40.0 Å². The molecule has 0 aromatic carbocycles. The molecule has 1 unspecified atom stereocenters. The quantitative estimate of drug-likeness (QED) is 0.719. The van der Waals surface area contributed by atoms with Crippen LogP contribution < -0.4 is 0 Å². The summed E-state index contributed by atoms with van der Waals surface area (Å²) < 4.78 is 28.1. The van der Waals surface area contributed by atoms with E-state index in [0.29, 0.717) is 6.16 Å². The molecule has 16 heavy (non-hydrogen) atoms. The van der Waals surface area contributed by atoms with Crippen molar-refractivity contribution < 1.29 is 18.3 Å². The highest BCUT2D eigenvalue weighted by molar-refractivity contribution is 7.53. The molecule has 1 saturated heterocycles. The van der Waals surface area contributed by atoms with Gasteiger partial charge >= 0.3 is 7.60 Å². The molecule has 0 bridgehead atoms. The molecule has 0 aromatic rings. The molecule has 1 heterocycles. The van der Waals surface area contributed by atoms with Crippen LogP contribution in [0.25, 0.3) is 0 Å². The van der Waals surface area contributed by atoms with Crippen LogP contribution in [0.2, 0.25) is 0 Å². The van der Waals surface area contributed by atoms with E-state index >= 15 is 0 Å². The monoisotopic (exact) mass is 250 g/mol. The SMILES string of the molecule is COP(=O)(CC1(C)CCCC(C)(C)O1)OC. The molecular formula is C11H23O4P. The number of hydrogen-bond donors (Lipinski definition) is 0. The van der Waals surface area contributed by atoms with Gasteiger partial charge in [0.15, 0.2) is 0 Å². The molecule has 0 N–H and O–H groups in total. The first-order valence-corrected chi connectivity index (χ1v) is 7.38. The zero-order chi connectivity index (χ0) is 12.4. The van der Waals surface area contributed by atoms with E-state index in [1.165, 1.54) is 14.2 Å². The Morgan fingerprint density at radius 3 is 2.19 bits per heavy atom. The summed E-state index contributed by atoms with van der Waals surface area (Å²) in [6.07, 6.45) is 3.33. The Morgan fingerprint density at radius 2 is 1.75 bits per heavy atom. The van der Waals surface area contributed by atoms with Crippen molar-refractivity contribution in [2.24, 2.45) is 0 Å². The van der Waals surface area contributed by atoms with E-state index in [2.05, 4.69) is 13.8 Å². The fourth-order valence-electron chi connectivity index (χ4n) is 2.38. The molecule has 1 fully saturated rings. The highest BCUT2D eigenvalue weighted by Gasteiger charge is 2.42. The third kappa shape index (κ3) is 3.56. The van der Waals surface area contributed by atoms with Gasteiger partial charge in [-0.1, -0.05) is 0 Å². The molecule has 1 aliphatic heterocycles. The zero-order valence-electron chi connectivity index (χ0n) is 10.9. The Hall–Kier alpha value is 0.110. The minimum absolute atomic E-state index is 0.153. The summed E-state index contributed by atoms with van der Waals surface area (Å²) in [7, 11) is -0.160. The summed E-state index contributed by atoms with van der Waals surface area (Å²) in [5.41, 5.74) is -0.567. The smallest absolute Gasteiger partial charge is 0.333 e. The summed E-state index contributed by atoms with van der Waals surface area (Å²) in [4.78, 5) is 0. The summed E-state index contributed by atoms with van der Waals surface area (Å²) >= 11 is 0. The molecule has 96 valence electrons. The molecule has 0 radical (unpaired) electrons. The van der Waals surface area contributed by atoms with Crippen molar-refractivity contribution in [1.82, 2.24) is 0 Å². The first kappa shape index (κ1) is 14.2. The van der Waals surface area contributed by atoms with E-state index in [-0.39, 0.29) is 5.60 Å². The largest absolute Gasteiger partial charge is 0.369 e. The molecule has 0 saturated carbocycles. The van der Waals surface area contributed by atoms with Gasteiger partial charge in [0, 0.05) is 14.2 Å². The molecular weight excluding hydrogens is 227 g/mol. The lowest BCUT2D eigenvalue weighted by Gasteiger charge is -2.44. The average molecular weight is 250 g/mol. The first-order chi connectivity index (χ1) is 7.24. The minimum Gasteiger partial charge on any atom is -0.369 e. The summed E-state index contributed by atoms with van der Waals surface area (Å²) in [5.74, 6) is 0. The molecule has 5 heteroatoms. The Morgan fingerprint density at radius 1 is 1.19 bits per heavy atom. The average Bonchev–Trinajstić information content (AvgIpc) is 2.15. The molecule has 1 atom stereocenters. The van der Waals surface area contributed by atoms with Gasteiger partial charge in [0.05, 0.1) is 17.4 Å². The lowest BCUT2D eigenvalue weighted by atomic mass is 9.89. The van der Waals surface area contributed by atoms with Crippen LogP contribution in [0.4, 0.5) is 0 Å². The molecule has 1 aliphatic rings. The molecule has 0 amide bonds. The lowest BCUT2D eigenvalue weighted by molar-refractivity contribution is -0.154. The van der Waals surface area contributed by atoms with Crippen LogP contribution in [-0.4, -0.2) is 31.6 Å². The maximum Gasteiger partial charge on any atom is 0.333 e. The molecule has 1 rings (SSSR count). The van der Waals surface area contributed by atoms with Crippen molar-refractivity contribution in [3.8, 4) is 0 Å². The van der Waals surface area contributed by atoms with Gasteiger partial charge in [-0.05, 0) is 40.0 Å². The van der Waals surface area contributed by atoms with Crippen LogP contribution in [0.3, 0.4) is 0 Å². The second-order valence-corrected chi connectivity index (χ2v) is 7.57. The van der Waals surface area contributed by atoms with E-state index < -0.39 is 13.2 Å². The van der Waals surface area contributed by atoms with Gasteiger partial charge in [-0.3, -0.25) is 4.57 Å².